The average molecular weight is 552 g/mol. The van der Waals surface area contributed by atoms with Gasteiger partial charge < -0.3 is 14.8 Å². The molecule has 1 fully saturated rings. The minimum atomic E-state index is -0.444. The summed E-state index contributed by atoms with van der Waals surface area (Å²) in [6.45, 7) is 6.61. The summed E-state index contributed by atoms with van der Waals surface area (Å²) >= 11 is 6.92. The molecule has 1 N–H and O–H groups in total. The van der Waals surface area contributed by atoms with Crippen LogP contribution in [0.4, 0.5) is 4.79 Å². The van der Waals surface area contributed by atoms with Crippen LogP contribution in [0.3, 0.4) is 0 Å². The molecule has 8 heteroatoms. The standard InChI is InChI=1S/C23H24Br2N2O4/c1-4-14(3)31-21-18(25)10-16(12-20(21)30-5-2)11-19-22(28)27(23(29)26-19)13-15-6-8-17(24)9-7-15/h6-12,14H,4-5,13H2,1-3H3,(H,26,29)/b19-11+/t14-/m0/s1. The Balaban J connectivity index is 1.86. The molecule has 2 aromatic rings. The van der Waals surface area contributed by atoms with Gasteiger partial charge in [-0.1, -0.05) is 35.0 Å². The highest BCUT2D eigenvalue weighted by Gasteiger charge is 2.33. The van der Waals surface area contributed by atoms with Gasteiger partial charge in [-0.15, -0.1) is 0 Å². The summed E-state index contributed by atoms with van der Waals surface area (Å²) in [5, 5.41) is 2.66. The first-order chi connectivity index (χ1) is 14.8. The molecule has 1 aliphatic rings. The molecule has 0 aliphatic carbocycles. The molecule has 1 aliphatic heterocycles. The molecule has 0 radical (unpaired) electrons. The van der Waals surface area contributed by atoms with Gasteiger partial charge in [-0.3, -0.25) is 9.69 Å². The Hall–Kier alpha value is -2.32. The highest BCUT2D eigenvalue weighted by molar-refractivity contribution is 9.10. The van der Waals surface area contributed by atoms with E-state index in [2.05, 4.69) is 37.2 Å². The molecule has 2 aromatic carbocycles. The van der Waals surface area contributed by atoms with Gasteiger partial charge in [0.15, 0.2) is 11.5 Å². The lowest BCUT2D eigenvalue weighted by atomic mass is 10.1. The topological polar surface area (TPSA) is 67.9 Å². The molecule has 0 unspecified atom stereocenters. The second-order valence-corrected chi connectivity index (χ2v) is 8.88. The first-order valence-electron chi connectivity index (χ1n) is 10.0. The van der Waals surface area contributed by atoms with Gasteiger partial charge in [-0.05, 0) is 77.7 Å². The number of carbonyl (C=O) groups excluding carboxylic acids is 2. The van der Waals surface area contributed by atoms with Crippen LogP contribution in [-0.2, 0) is 11.3 Å². The number of rotatable bonds is 8. The molecule has 0 aromatic heterocycles. The zero-order valence-electron chi connectivity index (χ0n) is 17.6. The van der Waals surface area contributed by atoms with Gasteiger partial charge in [0.05, 0.1) is 23.7 Å². The van der Waals surface area contributed by atoms with Gasteiger partial charge in [-0.25, -0.2) is 4.79 Å². The van der Waals surface area contributed by atoms with E-state index in [4.69, 9.17) is 9.47 Å². The predicted octanol–water partition coefficient (Wildman–Crippen LogP) is 5.88. The van der Waals surface area contributed by atoms with Crippen LogP contribution in [0.1, 0.15) is 38.3 Å². The van der Waals surface area contributed by atoms with Crippen molar-refractivity contribution >= 4 is 49.9 Å². The number of ether oxygens (including phenoxy) is 2. The fourth-order valence-corrected chi connectivity index (χ4v) is 3.80. The maximum Gasteiger partial charge on any atom is 0.329 e. The first-order valence-corrected chi connectivity index (χ1v) is 11.6. The molecule has 164 valence electrons. The van der Waals surface area contributed by atoms with Crippen LogP contribution in [0.15, 0.2) is 51.0 Å². The van der Waals surface area contributed by atoms with Crippen LogP contribution < -0.4 is 14.8 Å². The van der Waals surface area contributed by atoms with Crippen LogP contribution in [0, 0.1) is 0 Å². The number of urea groups is 1. The lowest BCUT2D eigenvalue weighted by Crippen LogP contribution is -2.30. The minimum absolute atomic E-state index is 0.0302. The molecular formula is C23H24Br2N2O4. The molecule has 1 saturated heterocycles. The van der Waals surface area contributed by atoms with Crippen molar-refractivity contribution in [3.8, 4) is 11.5 Å². The van der Waals surface area contributed by atoms with E-state index in [0.29, 0.717) is 28.1 Å². The van der Waals surface area contributed by atoms with Gasteiger partial charge in [-0.2, -0.15) is 0 Å². The van der Waals surface area contributed by atoms with Crippen molar-refractivity contribution in [1.29, 1.82) is 0 Å². The van der Waals surface area contributed by atoms with Crippen molar-refractivity contribution in [3.63, 3.8) is 0 Å². The van der Waals surface area contributed by atoms with Crippen LogP contribution in [0.25, 0.3) is 6.08 Å². The summed E-state index contributed by atoms with van der Waals surface area (Å²) < 4.78 is 13.4. The Labute approximate surface area is 198 Å². The lowest BCUT2D eigenvalue weighted by Gasteiger charge is -2.18. The van der Waals surface area contributed by atoms with Crippen molar-refractivity contribution in [1.82, 2.24) is 10.2 Å². The Kier molecular flexibility index (Phi) is 7.78. The van der Waals surface area contributed by atoms with Gasteiger partial charge in [0, 0.05) is 4.47 Å². The number of hydrogen-bond acceptors (Lipinski definition) is 4. The smallest absolute Gasteiger partial charge is 0.329 e. The molecule has 1 heterocycles. The second kappa shape index (κ2) is 10.3. The third kappa shape index (κ3) is 5.68. The van der Waals surface area contributed by atoms with Crippen LogP contribution in [0.2, 0.25) is 0 Å². The quantitative estimate of drug-likeness (QED) is 0.328. The van der Waals surface area contributed by atoms with E-state index in [0.717, 1.165) is 16.5 Å². The van der Waals surface area contributed by atoms with E-state index < -0.39 is 6.03 Å². The van der Waals surface area contributed by atoms with Crippen molar-refractivity contribution in [2.45, 2.75) is 39.8 Å². The highest BCUT2D eigenvalue weighted by atomic mass is 79.9. The Morgan fingerprint density at radius 3 is 2.48 bits per heavy atom. The Morgan fingerprint density at radius 2 is 1.84 bits per heavy atom. The van der Waals surface area contributed by atoms with Crippen molar-refractivity contribution < 1.29 is 19.1 Å². The first kappa shape index (κ1) is 23.3. The summed E-state index contributed by atoms with van der Waals surface area (Å²) in [4.78, 5) is 26.4. The SMILES string of the molecule is CCOc1cc(/C=C2/NC(=O)N(Cc3ccc(Br)cc3)C2=O)cc(Br)c1O[C@@H](C)CC. The van der Waals surface area contributed by atoms with Crippen molar-refractivity contribution in [2.75, 3.05) is 6.61 Å². The lowest BCUT2D eigenvalue weighted by molar-refractivity contribution is -0.123. The summed E-state index contributed by atoms with van der Waals surface area (Å²) in [5.41, 5.74) is 1.79. The van der Waals surface area contributed by atoms with Crippen LogP contribution in [0.5, 0.6) is 11.5 Å². The van der Waals surface area contributed by atoms with Gasteiger partial charge >= 0.3 is 6.03 Å². The molecule has 6 nitrogen and oxygen atoms in total. The molecule has 0 saturated carbocycles. The largest absolute Gasteiger partial charge is 0.490 e. The number of nitrogens with zero attached hydrogens (tertiary/aromatic N) is 1. The molecule has 31 heavy (non-hydrogen) atoms. The zero-order valence-corrected chi connectivity index (χ0v) is 20.7. The third-order valence-electron chi connectivity index (χ3n) is 4.75. The summed E-state index contributed by atoms with van der Waals surface area (Å²) in [6, 6.07) is 10.7. The highest BCUT2D eigenvalue weighted by Crippen LogP contribution is 2.38. The summed E-state index contributed by atoms with van der Waals surface area (Å²) in [7, 11) is 0. The van der Waals surface area contributed by atoms with E-state index in [-0.39, 0.29) is 24.3 Å². The fourth-order valence-electron chi connectivity index (χ4n) is 2.99. The molecule has 3 amide bonds. The van der Waals surface area contributed by atoms with Crippen molar-refractivity contribution in [3.05, 3.63) is 62.2 Å². The predicted molar refractivity (Wildman–Crippen MR) is 127 cm³/mol. The maximum absolute atomic E-state index is 12.8. The number of amides is 3. The molecule has 1 atom stereocenters. The van der Waals surface area contributed by atoms with E-state index in [1.807, 2.05) is 51.1 Å². The molecular weight excluding hydrogens is 528 g/mol. The number of hydrogen-bond donors (Lipinski definition) is 1. The maximum atomic E-state index is 12.8. The minimum Gasteiger partial charge on any atom is -0.490 e. The van der Waals surface area contributed by atoms with E-state index in [1.165, 1.54) is 4.90 Å². The monoisotopic (exact) mass is 550 g/mol. The third-order valence-corrected chi connectivity index (χ3v) is 5.87. The fraction of sp³-hybridized carbons (Fsp3) is 0.304. The van der Waals surface area contributed by atoms with E-state index in [1.54, 1.807) is 12.1 Å². The number of halogens is 2. The number of benzene rings is 2. The van der Waals surface area contributed by atoms with Gasteiger partial charge in [0.2, 0.25) is 0 Å². The Bertz CT molecular complexity index is 1010. The average Bonchev–Trinajstić information content (AvgIpc) is 2.99. The molecule has 3 rings (SSSR count). The second-order valence-electron chi connectivity index (χ2n) is 7.11. The molecule has 0 bridgehead atoms. The van der Waals surface area contributed by atoms with Gasteiger partial charge in [0.25, 0.3) is 5.91 Å². The van der Waals surface area contributed by atoms with Crippen molar-refractivity contribution in [2.24, 2.45) is 0 Å². The number of imide groups is 1. The van der Waals surface area contributed by atoms with Gasteiger partial charge in [0.1, 0.15) is 5.70 Å². The molecule has 0 spiro atoms. The Morgan fingerprint density at radius 1 is 1.13 bits per heavy atom. The van der Waals surface area contributed by atoms with E-state index >= 15 is 0 Å². The van der Waals surface area contributed by atoms with Crippen LogP contribution >= 0.6 is 31.9 Å². The van der Waals surface area contributed by atoms with Crippen LogP contribution in [-0.4, -0.2) is 29.5 Å². The number of nitrogens with one attached hydrogen (secondary N) is 1. The van der Waals surface area contributed by atoms with E-state index in [9.17, 15) is 9.59 Å². The normalized spacial score (nSPS) is 15.9. The summed E-state index contributed by atoms with van der Waals surface area (Å²) in [5.74, 6) is 0.825. The zero-order chi connectivity index (χ0) is 22.5. The number of carbonyl (C=O) groups is 2. The summed E-state index contributed by atoms with van der Waals surface area (Å²) in [6.07, 6.45) is 2.53.